The smallest absolute Gasteiger partial charge is 0.418 e. The van der Waals surface area contributed by atoms with Crippen LogP contribution in [-0.2, 0) is 24.2 Å². The highest BCUT2D eigenvalue weighted by atomic mass is 32.3. The summed E-state index contributed by atoms with van der Waals surface area (Å²) in [5, 5.41) is 3.68. The van der Waals surface area contributed by atoms with E-state index in [1.807, 2.05) is 20.8 Å². The Morgan fingerprint density at radius 3 is 2.33 bits per heavy atom. The van der Waals surface area contributed by atoms with Crippen LogP contribution in [0.25, 0.3) is 0 Å². The van der Waals surface area contributed by atoms with Crippen molar-refractivity contribution in [1.82, 2.24) is 20.2 Å². The van der Waals surface area contributed by atoms with Crippen LogP contribution >= 0.6 is 0 Å². The van der Waals surface area contributed by atoms with Gasteiger partial charge in [0.15, 0.2) is 0 Å². The molecule has 4 rings (SSSR count). The molecule has 3 heterocycles. The van der Waals surface area contributed by atoms with Gasteiger partial charge in [0.2, 0.25) is 5.91 Å². The Labute approximate surface area is 193 Å². The summed E-state index contributed by atoms with van der Waals surface area (Å²) in [6, 6.07) is -1.98. The van der Waals surface area contributed by atoms with Gasteiger partial charge in [-0.2, -0.15) is 13.5 Å². The number of carbonyl (C=O) groups excluding carboxylic acids is 3. The summed E-state index contributed by atoms with van der Waals surface area (Å²) in [7, 11) is -4.82. The van der Waals surface area contributed by atoms with Crippen molar-refractivity contribution in [2.75, 3.05) is 19.6 Å². The fraction of sp³-hybridized carbons (Fsp3) is 0.850. The lowest BCUT2D eigenvalue weighted by molar-refractivity contribution is -0.127. The van der Waals surface area contributed by atoms with Crippen molar-refractivity contribution in [3.63, 3.8) is 0 Å². The molecule has 2 N–H and O–H groups in total. The Bertz CT molecular complexity index is 917. The van der Waals surface area contributed by atoms with Gasteiger partial charge in [-0.1, -0.05) is 0 Å². The number of nitrogens with one attached hydrogen (secondary N) is 1. The number of likely N-dealkylation sites (tertiary alicyclic amines) is 1. The van der Waals surface area contributed by atoms with E-state index < -0.39 is 34.1 Å². The third kappa shape index (κ3) is 5.19. The van der Waals surface area contributed by atoms with E-state index in [1.165, 1.54) is 4.90 Å². The van der Waals surface area contributed by atoms with E-state index in [0.717, 1.165) is 25.7 Å². The van der Waals surface area contributed by atoms with Gasteiger partial charge >= 0.3 is 22.5 Å². The second kappa shape index (κ2) is 8.27. The quantitative estimate of drug-likeness (QED) is 0.563. The number of ether oxygens (including phenoxy) is 1. The van der Waals surface area contributed by atoms with Gasteiger partial charge in [0.05, 0.1) is 6.04 Å². The van der Waals surface area contributed by atoms with Gasteiger partial charge in [0.1, 0.15) is 11.6 Å². The molecule has 33 heavy (non-hydrogen) atoms. The molecule has 0 aromatic heterocycles. The topological polar surface area (TPSA) is 146 Å². The molecular weight excluding hydrogens is 456 g/mol. The minimum Gasteiger partial charge on any atom is -0.444 e. The molecule has 2 atom stereocenters. The fourth-order valence-corrected chi connectivity index (χ4v) is 5.70. The predicted molar refractivity (Wildman–Crippen MR) is 114 cm³/mol. The Kier molecular flexibility index (Phi) is 6.02. The molecule has 0 radical (unpaired) electrons. The fourth-order valence-electron chi connectivity index (χ4n) is 5.31. The number of rotatable bonds is 4. The first-order valence-electron chi connectivity index (χ1n) is 11.3. The highest BCUT2D eigenvalue weighted by molar-refractivity contribution is 7.80. The molecule has 0 aromatic carbocycles. The summed E-state index contributed by atoms with van der Waals surface area (Å²) < 4.78 is 40.7. The van der Waals surface area contributed by atoms with E-state index in [2.05, 4.69) is 9.60 Å². The Hall–Kier alpha value is -2.12. The highest BCUT2D eigenvalue weighted by Crippen LogP contribution is 2.44. The summed E-state index contributed by atoms with van der Waals surface area (Å²) in [4.78, 5) is 40.6. The van der Waals surface area contributed by atoms with E-state index in [0.29, 0.717) is 31.0 Å². The predicted octanol–water partition coefficient (Wildman–Crippen LogP) is 1.29. The van der Waals surface area contributed by atoms with Gasteiger partial charge < -0.3 is 19.9 Å². The lowest BCUT2D eigenvalue weighted by Gasteiger charge is -2.53. The number of nitrogens with zero attached hydrogens (tertiary/aromatic N) is 3. The van der Waals surface area contributed by atoms with Crippen LogP contribution in [-0.4, -0.2) is 89.2 Å². The molecule has 4 aliphatic rings. The number of carbonyl (C=O) groups is 3. The Morgan fingerprint density at radius 2 is 1.76 bits per heavy atom. The lowest BCUT2D eigenvalue weighted by atomic mass is 9.67. The van der Waals surface area contributed by atoms with E-state index in [4.69, 9.17) is 9.29 Å². The normalized spacial score (nSPS) is 27.5. The third-order valence-electron chi connectivity index (χ3n) is 6.90. The molecular formula is C20H32N4O8S. The van der Waals surface area contributed by atoms with E-state index >= 15 is 0 Å². The highest BCUT2D eigenvalue weighted by Gasteiger charge is 2.51. The van der Waals surface area contributed by atoms with Crippen molar-refractivity contribution >= 4 is 28.4 Å². The molecule has 2 bridgehead atoms. The average Bonchev–Trinajstić information content (AvgIpc) is 2.89. The van der Waals surface area contributed by atoms with Crippen molar-refractivity contribution in [3.8, 4) is 0 Å². The molecule has 186 valence electrons. The zero-order valence-electron chi connectivity index (χ0n) is 19.2. The number of fused-ring (bicyclic) bond motifs is 2. The molecule has 12 nitrogen and oxygen atoms in total. The maximum atomic E-state index is 12.9. The molecule has 0 aromatic rings. The monoisotopic (exact) mass is 488 g/mol. The van der Waals surface area contributed by atoms with Crippen molar-refractivity contribution in [3.05, 3.63) is 0 Å². The van der Waals surface area contributed by atoms with Crippen molar-refractivity contribution in [2.24, 2.45) is 5.41 Å². The van der Waals surface area contributed by atoms with Crippen molar-refractivity contribution in [2.45, 2.75) is 83.0 Å². The third-order valence-corrected chi connectivity index (χ3v) is 7.25. The molecule has 1 aliphatic carbocycles. The largest absolute Gasteiger partial charge is 0.444 e. The zero-order valence-corrected chi connectivity index (χ0v) is 20.0. The summed E-state index contributed by atoms with van der Waals surface area (Å²) in [5.74, 6) is -0.263. The number of hydroxylamine groups is 2. The summed E-state index contributed by atoms with van der Waals surface area (Å²) in [5.41, 5.74) is -0.443. The minimum absolute atomic E-state index is 0.0145. The first-order chi connectivity index (χ1) is 15.3. The van der Waals surface area contributed by atoms with Crippen LogP contribution in [0, 0.1) is 5.41 Å². The molecule has 4 amide bonds. The van der Waals surface area contributed by atoms with Crippen molar-refractivity contribution < 1.29 is 36.4 Å². The van der Waals surface area contributed by atoms with Crippen LogP contribution in [0.4, 0.5) is 9.59 Å². The van der Waals surface area contributed by atoms with E-state index in [1.54, 1.807) is 4.90 Å². The van der Waals surface area contributed by atoms with E-state index in [9.17, 15) is 22.8 Å². The molecule has 4 fully saturated rings. The maximum absolute atomic E-state index is 12.9. The molecule has 1 saturated carbocycles. The van der Waals surface area contributed by atoms with Crippen LogP contribution in [0.3, 0.4) is 0 Å². The summed E-state index contributed by atoms with van der Waals surface area (Å²) >= 11 is 0. The first kappa shape index (κ1) is 24.0. The number of hydrogen-bond donors (Lipinski definition) is 2. The lowest BCUT2D eigenvalue weighted by Crippen LogP contribution is -2.61. The maximum Gasteiger partial charge on any atom is 0.418 e. The van der Waals surface area contributed by atoms with Crippen LogP contribution in [0.1, 0.15) is 59.3 Å². The number of urea groups is 1. The van der Waals surface area contributed by atoms with Gasteiger partial charge in [-0.3, -0.25) is 9.35 Å². The van der Waals surface area contributed by atoms with Gasteiger partial charge in [-0.25, -0.2) is 9.59 Å². The van der Waals surface area contributed by atoms with Crippen LogP contribution in [0.15, 0.2) is 0 Å². The van der Waals surface area contributed by atoms with Gasteiger partial charge in [-0.15, -0.1) is 4.28 Å². The van der Waals surface area contributed by atoms with Gasteiger partial charge in [0, 0.05) is 31.1 Å². The van der Waals surface area contributed by atoms with Crippen LogP contribution in [0.2, 0.25) is 0 Å². The van der Waals surface area contributed by atoms with E-state index in [-0.39, 0.29) is 30.0 Å². The van der Waals surface area contributed by atoms with Gasteiger partial charge in [-0.05, 0) is 59.3 Å². The zero-order chi connectivity index (χ0) is 24.2. The number of piperidine rings is 1. The summed E-state index contributed by atoms with van der Waals surface area (Å²) in [6.45, 7) is 7.03. The standard InChI is InChI=1S/C20H32N4O8S/c1-19(2,3)31-18(27)22-11-20(12-22)8-6-13(7-9-20)21-16(25)15-5-4-14-10-23(15)17(26)24(14)32-33(28,29)30/h13-15H,4-12H2,1-3H3,(H,21,25)(H,28,29,30)/t14-,15+/m1/s1. The number of hydrogen-bond acceptors (Lipinski definition) is 7. The van der Waals surface area contributed by atoms with Crippen molar-refractivity contribution in [1.29, 1.82) is 0 Å². The molecule has 0 unspecified atom stereocenters. The molecule has 3 saturated heterocycles. The second-order valence-electron chi connectivity index (χ2n) is 10.6. The Balaban J connectivity index is 1.25. The van der Waals surface area contributed by atoms with Crippen LogP contribution < -0.4 is 5.32 Å². The number of amides is 4. The minimum atomic E-state index is -4.82. The molecule has 1 spiro atoms. The molecule has 3 aliphatic heterocycles. The second-order valence-corrected chi connectivity index (χ2v) is 11.6. The van der Waals surface area contributed by atoms with Gasteiger partial charge in [0.25, 0.3) is 0 Å². The Morgan fingerprint density at radius 1 is 1.12 bits per heavy atom. The first-order valence-corrected chi connectivity index (χ1v) is 12.7. The van der Waals surface area contributed by atoms with Crippen LogP contribution in [0.5, 0.6) is 0 Å². The summed E-state index contributed by atoms with van der Waals surface area (Å²) in [6.07, 6.45) is 3.84. The SMILES string of the molecule is CC(C)(C)OC(=O)N1CC2(CCC(NC(=O)[C@@H]3CC[C@@H]4CN3C(=O)N4OS(=O)(=O)O)CC2)C1. The molecule has 13 heteroatoms. The average molecular weight is 489 g/mol.